The van der Waals surface area contributed by atoms with Crippen LogP contribution in [-0.4, -0.2) is 20.1 Å². The summed E-state index contributed by atoms with van der Waals surface area (Å²) in [6, 6.07) is 11.0. The van der Waals surface area contributed by atoms with Crippen LogP contribution in [0.5, 0.6) is 5.75 Å². The molecule has 2 aromatic rings. The second-order valence-electron chi connectivity index (χ2n) is 4.43. The minimum absolute atomic E-state index is 0.274. The molecular formula is C16H16FNO3. The van der Waals surface area contributed by atoms with E-state index in [0.29, 0.717) is 17.9 Å². The first kappa shape index (κ1) is 15.0. The van der Waals surface area contributed by atoms with E-state index in [4.69, 9.17) is 9.47 Å². The fourth-order valence-electron chi connectivity index (χ4n) is 1.93. The molecule has 0 fully saturated rings. The Morgan fingerprint density at radius 1 is 1.19 bits per heavy atom. The van der Waals surface area contributed by atoms with Crippen LogP contribution in [0.2, 0.25) is 0 Å². The van der Waals surface area contributed by atoms with Crippen molar-refractivity contribution in [3.63, 3.8) is 0 Å². The van der Waals surface area contributed by atoms with Crippen molar-refractivity contribution in [3.05, 3.63) is 59.4 Å². The number of halogens is 1. The standard InChI is InChI=1S/C16H16FNO3/c1-20-10-11-4-3-5-12(8-11)16(19)18-14-7-6-13(17)9-15(14)21-2/h3-9H,10H2,1-2H3,(H,18,19). The van der Waals surface area contributed by atoms with Crippen LogP contribution >= 0.6 is 0 Å². The number of methoxy groups -OCH3 is 2. The zero-order valence-corrected chi connectivity index (χ0v) is 11.9. The number of hydrogen-bond donors (Lipinski definition) is 1. The Bertz CT molecular complexity index is 643. The highest BCUT2D eigenvalue weighted by Crippen LogP contribution is 2.25. The Balaban J connectivity index is 2.20. The third kappa shape index (κ3) is 3.79. The fourth-order valence-corrected chi connectivity index (χ4v) is 1.93. The molecule has 5 heteroatoms. The highest BCUT2D eigenvalue weighted by atomic mass is 19.1. The molecule has 0 aromatic heterocycles. The second-order valence-corrected chi connectivity index (χ2v) is 4.43. The number of amides is 1. The molecule has 21 heavy (non-hydrogen) atoms. The number of nitrogens with one attached hydrogen (secondary N) is 1. The van der Waals surface area contributed by atoms with Gasteiger partial charge in [-0.3, -0.25) is 4.79 Å². The first-order valence-corrected chi connectivity index (χ1v) is 6.37. The maximum Gasteiger partial charge on any atom is 0.255 e. The molecule has 0 aliphatic carbocycles. The van der Waals surface area contributed by atoms with Gasteiger partial charge in [0.05, 0.1) is 19.4 Å². The average molecular weight is 289 g/mol. The first-order valence-electron chi connectivity index (χ1n) is 6.37. The van der Waals surface area contributed by atoms with Crippen molar-refractivity contribution in [2.45, 2.75) is 6.61 Å². The van der Waals surface area contributed by atoms with Crippen molar-refractivity contribution >= 4 is 11.6 Å². The van der Waals surface area contributed by atoms with E-state index in [2.05, 4.69) is 5.32 Å². The summed E-state index contributed by atoms with van der Waals surface area (Å²) in [7, 11) is 3.01. The number of hydrogen-bond acceptors (Lipinski definition) is 3. The van der Waals surface area contributed by atoms with Gasteiger partial charge in [-0.15, -0.1) is 0 Å². The van der Waals surface area contributed by atoms with Gasteiger partial charge in [0, 0.05) is 18.7 Å². The quantitative estimate of drug-likeness (QED) is 0.919. The molecule has 0 radical (unpaired) electrons. The van der Waals surface area contributed by atoms with Gasteiger partial charge >= 0.3 is 0 Å². The molecule has 0 spiro atoms. The van der Waals surface area contributed by atoms with E-state index in [0.717, 1.165) is 5.56 Å². The van der Waals surface area contributed by atoms with Gasteiger partial charge in [-0.2, -0.15) is 0 Å². The minimum Gasteiger partial charge on any atom is -0.494 e. The summed E-state index contributed by atoms with van der Waals surface area (Å²) in [6.07, 6.45) is 0. The van der Waals surface area contributed by atoms with Crippen LogP contribution in [0.4, 0.5) is 10.1 Å². The summed E-state index contributed by atoms with van der Waals surface area (Å²) >= 11 is 0. The molecule has 0 unspecified atom stereocenters. The van der Waals surface area contributed by atoms with Gasteiger partial charge in [0.2, 0.25) is 0 Å². The second kappa shape index (κ2) is 6.85. The summed E-state index contributed by atoms with van der Waals surface area (Å²) in [4.78, 5) is 12.2. The van der Waals surface area contributed by atoms with Gasteiger partial charge in [0.25, 0.3) is 5.91 Å². The molecule has 1 N–H and O–H groups in total. The summed E-state index contributed by atoms with van der Waals surface area (Å²) in [5, 5.41) is 2.70. The van der Waals surface area contributed by atoms with Crippen molar-refractivity contribution in [1.29, 1.82) is 0 Å². The molecule has 0 saturated heterocycles. The third-order valence-electron chi connectivity index (χ3n) is 2.91. The fraction of sp³-hybridized carbons (Fsp3) is 0.188. The van der Waals surface area contributed by atoms with Gasteiger partial charge in [-0.25, -0.2) is 4.39 Å². The van der Waals surface area contributed by atoms with Crippen molar-refractivity contribution < 1.29 is 18.7 Å². The highest BCUT2D eigenvalue weighted by molar-refractivity contribution is 6.05. The Labute approximate surface area is 122 Å². The van der Waals surface area contributed by atoms with Crippen molar-refractivity contribution in [2.24, 2.45) is 0 Å². The van der Waals surface area contributed by atoms with Crippen molar-refractivity contribution in [3.8, 4) is 5.75 Å². The lowest BCUT2D eigenvalue weighted by Gasteiger charge is -2.10. The van der Waals surface area contributed by atoms with Gasteiger partial charge in [-0.05, 0) is 29.8 Å². The molecule has 0 heterocycles. The van der Waals surface area contributed by atoms with E-state index in [9.17, 15) is 9.18 Å². The lowest BCUT2D eigenvalue weighted by molar-refractivity contribution is 0.102. The molecule has 4 nitrogen and oxygen atoms in total. The van der Waals surface area contributed by atoms with Crippen LogP contribution in [0.25, 0.3) is 0 Å². The van der Waals surface area contributed by atoms with Gasteiger partial charge < -0.3 is 14.8 Å². The third-order valence-corrected chi connectivity index (χ3v) is 2.91. The van der Waals surface area contributed by atoms with Crippen molar-refractivity contribution in [2.75, 3.05) is 19.5 Å². The molecular weight excluding hydrogens is 273 g/mol. The molecule has 110 valence electrons. The Kier molecular flexibility index (Phi) is 4.90. The number of benzene rings is 2. The van der Waals surface area contributed by atoms with Crippen LogP contribution in [0.15, 0.2) is 42.5 Å². The highest BCUT2D eigenvalue weighted by Gasteiger charge is 2.11. The summed E-state index contributed by atoms with van der Waals surface area (Å²) in [6.45, 7) is 0.432. The minimum atomic E-state index is -0.424. The molecule has 1 amide bonds. The smallest absolute Gasteiger partial charge is 0.255 e. The lowest BCUT2D eigenvalue weighted by atomic mass is 10.1. The van der Waals surface area contributed by atoms with E-state index in [1.165, 1.54) is 25.3 Å². The Morgan fingerprint density at radius 2 is 2.00 bits per heavy atom. The van der Waals surface area contributed by atoms with Crippen LogP contribution < -0.4 is 10.1 Å². The average Bonchev–Trinajstić information content (AvgIpc) is 2.49. The Hall–Kier alpha value is -2.40. The summed E-state index contributed by atoms with van der Waals surface area (Å²) in [5.41, 5.74) is 1.81. The van der Waals surface area contributed by atoms with Crippen LogP contribution in [0, 0.1) is 5.82 Å². The molecule has 0 bridgehead atoms. The normalized spacial score (nSPS) is 10.2. The zero-order valence-electron chi connectivity index (χ0n) is 11.9. The van der Waals surface area contributed by atoms with Gasteiger partial charge in [0.1, 0.15) is 11.6 Å². The number of anilines is 1. The van der Waals surface area contributed by atoms with E-state index in [1.54, 1.807) is 25.3 Å². The Morgan fingerprint density at radius 3 is 2.71 bits per heavy atom. The molecule has 0 atom stereocenters. The van der Waals surface area contributed by atoms with E-state index in [-0.39, 0.29) is 11.7 Å². The zero-order chi connectivity index (χ0) is 15.2. The lowest BCUT2D eigenvalue weighted by Crippen LogP contribution is -2.13. The largest absolute Gasteiger partial charge is 0.494 e. The maximum atomic E-state index is 13.1. The molecule has 2 aromatic carbocycles. The monoisotopic (exact) mass is 289 g/mol. The molecule has 0 aliphatic rings. The van der Waals surface area contributed by atoms with E-state index in [1.807, 2.05) is 6.07 Å². The van der Waals surface area contributed by atoms with Gasteiger partial charge in [0.15, 0.2) is 0 Å². The predicted molar refractivity (Wildman–Crippen MR) is 78.1 cm³/mol. The number of rotatable bonds is 5. The summed E-state index contributed by atoms with van der Waals surface area (Å²) < 4.78 is 23.2. The number of carbonyl (C=O) groups excluding carboxylic acids is 1. The topological polar surface area (TPSA) is 47.6 Å². The maximum absolute atomic E-state index is 13.1. The predicted octanol–water partition coefficient (Wildman–Crippen LogP) is 3.23. The number of ether oxygens (including phenoxy) is 2. The number of carbonyl (C=O) groups is 1. The molecule has 2 rings (SSSR count). The van der Waals surface area contributed by atoms with Crippen LogP contribution in [0.1, 0.15) is 15.9 Å². The van der Waals surface area contributed by atoms with Crippen LogP contribution in [-0.2, 0) is 11.3 Å². The van der Waals surface area contributed by atoms with Gasteiger partial charge in [-0.1, -0.05) is 12.1 Å². The SMILES string of the molecule is COCc1cccc(C(=O)Nc2ccc(F)cc2OC)c1. The molecule has 0 aliphatic heterocycles. The van der Waals surface area contributed by atoms with Crippen LogP contribution in [0.3, 0.4) is 0 Å². The summed E-state index contributed by atoms with van der Waals surface area (Å²) in [5.74, 6) is -0.443. The van der Waals surface area contributed by atoms with E-state index < -0.39 is 5.82 Å². The first-order chi connectivity index (χ1) is 10.1. The van der Waals surface area contributed by atoms with Crippen molar-refractivity contribution in [1.82, 2.24) is 0 Å². The molecule has 0 saturated carbocycles. The van der Waals surface area contributed by atoms with E-state index >= 15 is 0 Å².